The number of urea groups is 1. The fraction of sp³-hybridized carbons (Fsp3) is 0.560. The Morgan fingerprint density at radius 1 is 0.974 bits per heavy atom. The normalized spacial score (nSPS) is 12.2. The second-order valence-electron chi connectivity index (χ2n) is 9.37. The fourth-order valence-corrected chi connectivity index (χ4v) is 3.07. The minimum atomic E-state index is -0.875. The van der Waals surface area contributed by atoms with Crippen LogP contribution in [0.4, 0.5) is 15.3 Å². The van der Waals surface area contributed by atoms with Gasteiger partial charge in [-0.05, 0) is 36.5 Å². The third-order valence-electron chi connectivity index (χ3n) is 5.83. The molecule has 0 radical (unpaired) electrons. The molecular weight excluding hydrogens is 494 g/mol. The highest BCUT2D eigenvalue weighted by Gasteiger charge is 2.25. The first kappa shape index (κ1) is 32.2. The van der Waals surface area contributed by atoms with Gasteiger partial charge in [-0.25, -0.2) is 9.59 Å². The van der Waals surface area contributed by atoms with E-state index in [1.54, 1.807) is 52.2 Å². The molecule has 0 unspecified atom stereocenters. The van der Waals surface area contributed by atoms with Crippen LogP contribution in [0.5, 0.6) is 0 Å². The van der Waals surface area contributed by atoms with Gasteiger partial charge in [0.2, 0.25) is 17.7 Å². The summed E-state index contributed by atoms with van der Waals surface area (Å²) in [4.78, 5) is 62.6. The number of hydrogen-bond donors (Lipinski definition) is 5. The number of carbonyl (C=O) groups is 5. The van der Waals surface area contributed by atoms with Crippen molar-refractivity contribution in [1.82, 2.24) is 20.4 Å². The maximum atomic E-state index is 12.9. The van der Waals surface area contributed by atoms with Crippen LogP contribution in [0.3, 0.4) is 0 Å². The minimum Gasteiger partial charge on any atom is -0.445 e. The molecule has 0 fully saturated rings. The molecule has 0 aliphatic carbocycles. The quantitative estimate of drug-likeness (QED) is 0.215. The zero-order valence-corrected chi connectivity index (χ0v) is 22.8. The molecule has 13 nitrogen and oxygen atoms in total. The van der Waals surface area contributed by atoms with Gasteiger partial charge in [-0.15, -0.1) is 0 Å². The van der Waals surface area contributed by atoms with Crippen molar-refractivity contribution in [1.29, 1.82) is 0 Å². The van der Waals surface area contributed by atoms with Gasteiger partial charge < -0.3 is 42.0 Å². The van der Waals surface area contributed by atoms with Crippen molar-refractivity contribution in [3.63, 3.8) is 0 Å². The van der Waals surface area contributed by atoms with E-state index in [9.17, 15) is 24.0 Å². The lowest BCUT2D eigenvalue weighted by molar-refractivity contribution is -0.128. The molecule has 0 heterocycles. The van der Waals surface area contributed by atoms with E-state index < -0.39 is 36.0 Å². The Bertz CT molecular complexity index is 954. The van der Waals surface area contributed by atoms with Gasteiger partial charge >= 0.3 is 12.1 Å². The molecular formula is C25H41N7O6. The van der Waals surface area contributed by atoms with Crippen molar-refractivity contribution in [2.45, 2.75) is 52.3 Å². The standard InChI is InChI=1S/C25H41N7O6/c1-16(2)21(26)23(35)30-20(7-6-12-28-24(27)36)22(34)29-19-10-8-18(9-11-19)15-38-25(37)32(5)14-13-31(4)17(3)33/h8-11,16,20-21H,6-7,12-15,26H2,1-5H3,(H,29,34)(H,30,35)(H3,27,28,36)/t20-,21-/m0/s1. The Morgan fingerprint density at radius 3 is 2.13 bits per heavy atom. The minimum absolute atomic E-state index is 0.0264. The second-order valence-corrected chi connectivity index (χ2v) is 9.37. The van der Waals surface area contributed by atoms with Crippen molar-refractivity contribution >= 4 is 35.5 Å². The van der Waals surface area contributed by atoms with Crippen LogP contribution in [0.2, 0.25) is 0 Å². The molecule has 0 aliphatic heterocycles. The van der Waals surface area contributed by atoms with Gasteiger partial charge in [-0.3, -0.25) is 14.4 Å². The molecule has 1 aromatic rings. The van der Waals surface area contributed by atoms with E-state index in [0.29, 0.717) is 30.8 Å². The van der Waals surface area contributed by atoms with Crippen molar-refractivity contribution in [3.8, 4) is 0 Å². The summed E-state index contributed by atoms with van der Waals surface area (Å²) in [5.41, 5.74) is 12.2. The number of ether oxygens (including phenoxy) is 1. The number of likely N-dealkylation sites (N-methyl/N-ethyl adjacent to an activating group) is 2. The van der Waals surface area contributed by atoms with Gasteiger partial charge in [-0.2, -0.15) is 0 Å². The van der Waals surface area contributed by atoms with Crippen LogP contribution in [-0.2, 0) is 25.7 Å². The predicted molar refractivity (Wildman–Crippen MR) is 143 cm³/mol. The zero-order valence-electron chi connectivity index (χ0n) is 22.8. The highest BCUT2D eigenvalue weighted by atomic mass is 16.6. The monoisotopic (exact) mass is 535 g/mol. The van der Waals surface area contributed by atoms with E-state index in [-0.39, 0.29) is 31.4 Å². The van der Waals surface area contributed by atoms with Crippen molar-refractivity contribution in [3.05, 3.63) is 29.8 Å². The maximum absolute atomic E-state index is 12.9. The Morgan fingerprint density at radius 2 is 1.58 bits per heavy atom. The van der Waals surface area contributed by atoms with E-state index >= 15 is 0 Å². The number of carbonyl (C=O) groups excluding carboxylic acids is 5. The molecule has 13 heteroatoms. The fourth-order valence-electron chi connectivity index (χ4n) is 3.07. The maximum Gasteiger partial charge on any atom is 0.409 e. The number of nitrogens with zero attached hydrogens (tertiary/aromatic N) is 2. The lowest BCUT2D eigenvalue weighted by Gasteiger charge is -2.22. The molecule has 0 bridgehead atoms. The molecule has 38 heavy (non-hydrogen) atoms. The molecule has 0 saturated heterocycles. The van der Waals surface area contributed by atoms with Gasteiger partial charge in [0.25, 0.3) is 0 Å². The zero-order chi connectivity index (χ0) is 28.8. The van der Waals surface area contributed by atoms with E-state index in [1.807, 2.05) is 0 Å². The highest BCUT2D eigenvalue weighted by Crippen LogP contribution is 2.13. The Hall–Kier alpha value is -3.87. The number of anilines is 1. The van der Waals surface area contributed by atoms with E-state index in [2.05, 4.69) is 16.0 Å². The molecule has 0 saturated carbocycles. The first-order valence-corrected chi connectivity index (χ1v) is 12.4. The SMILES string of the molecule is CC(=O)N(C)CCN(C)C(=O)OCc1ccc(NC(=O)[C@H](CCCNC(N)=O)NC(=O)[C@@H](N)C(C)C)cc1. The van der Waals surface area contributed by atoms with Crippen LogP contribution in [0.25, 0.3) is 0 Å². The molecule has 1 rings (SSSR count). The first-order valence-electron chi connectivity index (χ1n) is 12.4. The smallest absolute Gasteiger partial charge is 0.409 e. The molecule has 2 atom stereocenters. The van der Waals surface area contributed by atoms with Crippen LogP contribution in [-0.4, -0.2) is 85.5 Å². The molecule has 0 aromatic heterocycles. The largest absolute Gasteiger partial charge is 0.445 e. The number of nitrogens with one attached hydrogen (secondary N) is 3. The Labute approximate surface area is 223 Å². The number of nitrogens with two attached hydrogens (primary N) is 2. The van der Waals surface area contributed by atoms with Gasteiger partial charge in [-0.1, -0.05) is 26.0 Å². The second kappa shape index (κ2) is 16.1. The average Bonchev–Trinajstić information content (AvgIpc) is 2.86. The summed E-state index contributed by atoms with van der Waals surface area (Å²) >= 11 is 0. The summed E-state index contributed by atoms with van der Waals surface area (Å²) in [6.07, 6.45) is 0.136. The molecule has 1 aromatic carbocycles. The van der Waals surface area contributed by atoms with Crippen molar-refractivity contribution in [2.75, 3.05) is 39.0 Å². The first-order chi connectivity index (χ1) is 17.8. The Kier molecular flexibility index (Phi) is 13.6. The van der Waals surface area contributed by atoms with E-state index in [4.69, 9.17) is 16.2 Å². The summed E-state index contributed by atoms with van der Waals surface area (Å²) in [7, 11) is 3.24. The lowest BCUT2D eigenvalue weighted by Crippen LogP contribution is -2.51. The number of amides is 6. The van der Waals surface area contributed by atoms with Gasteiger partial charge in [0, 0.05) is 46.3 Å². The van der Waals surface area contributed by atoms with Gasteiger partial charge in [0.15, 0.2) is 0 Å². The number of primary amides is 1. The number of rotatable bonds is 14. The lowest BCUT2D eigenvalue weighted by atomic mass is 10.0. The summed E-state index contributed by atoms with van der Waals surface area (Å²) in [6.45, 7) is 6.06. The van der Waals surface area contributed by atoms with Crippen LogP contribution < -0.4 is 27.4 Å². The van der Waals surface area contributed by atoms with Gasteiger partial charge in [0.1, 0.15) is 12.6 Å². The van der Waals surface area contributed by atoms with Crippen molar-refractivity contribution in [2.24, 2.45) is 17.4 Å². The predicted octanol–water partition coefficient (Wildman–Crippen LogP) is 0.588. The van der Waals surface area contributed by atoms with Crippen LogP contribution in [0, 0.1) is 5.92 Å². The van der Waals surface area contributed by atoms with Gasteiger partial charge in [0.05, 0.1) is 6.04 Å². The topological polar surface area (TPSA) is 189 Å². The van der Waals surface area contributed by atoms with Crippen LogP contribution in [0.15, 0.2) is 24.3 Å². The average molecular weight is 536 g/mol. The summed E-state index contributed by atoms with van der Waals surface area (Å²) in [5, 5.41) is 7.89. The van der Waals surface area contributed by atoms with Crippen LogP contribution in [0.1, 0.15) is 39.2 Å². The highest BCUT2D eigenvalue weighted by molar-refractivity contribution is 5.97. The van der Waals surface area contributed by atoms with E-state index in [1.165, 1.54) is 16.7 Å². The third-order valence-corrected chi connectivity index (χ3v) is 5.83. The molecule has 7 N–H and O–H groups in total. The van der Waals surface area contributed by atoms with Crippen molar-refractivity contribution < 1.29 is 28.7 Å². The third kappa shape index (κ3) is 11.9. The Balaban J connectivity index is 2.68. The van der Waals surface area contributed by atoms with E-state index in [0.717, 1.165) is 0 Å². The molecule has 212 valence electrons. The number of hydrogen-bond acceptors (Lipinski definition) is 7. The summed E-state index contributed by atoms with van der Waals surface area (Å²) < 4.78 is 5.30. The summed E-state index contributed by atoms with van der Waals surface area (Å²) in [5.74, 6) is -1.09. The van der Waals surface area contributed by atoms with Crippen LogP contribution >= 0.6 is 0 Å². The molecule has 6 amide bonds. The molecule has 0 spiro atoms. The number of benzene rings is 1. The molecule has 0 aliphatic rings. The summed E-state index contributed by atoms with van der Waals surface area (Å²) in [6, 6.07) is 4.39.